The number of carbonyl (C=O) groups is 2. The van der Waals surface area contributed by atoms with Crippen molar-refractivity contribution >= 4 is 22.6 Å². The minimum atomic E-state index is -2.02. The summed E-state index contributed by atoms with van der Waals surface area (Å²) in [5.74, 6) is -0.421. The number of halogens is 1. The predicted octanol–water partition coefficient (Wildman–Crippen LogP) is 2.71. The molecule has 4 rings (SSSR count). The van der Waals surface area contributed by atoms with Crippen molar-refractivity contribution in [3.8, 4) is 0 Å². The van der Waals surface area contributed by atoms with E-state index in [1.807, 2.05) is 30.3 Å². The number of pyridine rings is 1. The van der Waals surface area contributed by atoms with Gasteiger partial charge in [-0.25, -0.2) is 4.39 Å². The molecule has 1 aromatic heterocycles. The Morgan fingerprint density at radius 1 is 1.27 bits per heavy atom. The van der Waals surface area contributed by atoms with Crippen molar-refractivity contribution in [2.24, 2.45) is 5.92 Å². The third-order valence-corrected chi connectivity index (χ3v) is 5.26. The van der Waals surface area contributed by atoms with Gasteiger partial charge < -0.3 is 10.2 Å². The maximum Gasteiger partial charge on any atom is 0.273 e. The third-order valence-electron chi connectivity index (χ3n) is 5.26. The number of rotatable bonds is 4. The highest BCUT2D eigenvalue weighted by Crippen LogP contribution is 2.30. The van der Waals surface area contributed by atoms with Gasteiger partial charge in [-0.05, 0) is 43.1 Å². The number of aromatic nitrogens is 1. The molecule has 26 heavy (non-hydrogen) atoms. The summed E-state index contributed by atoms with van der Waals surface area (Å²) in [5.41, 5.74) is -1.71. The second-order valence-corrected chi connectivity index (χ2v) is 7.33. The molecule has 1 unspecified atom stereocenters. The van der Waals surface area contributed by atoms with E-state index in [4.69, 9.17) is 0 Å². The van der Waals surface area contributed by atoms with Gasteiger partial charge in [0, 0.05) is 24.7 Å². The average molecular weight is 355 g/mol. The molecule has 2 fully saturated rings. The Morgan fingerprint density at radius 2 is 2.08 bits per heavy atom. The van der Waals surface area contributed by atoms with Gasteiger partial charge in [-0.3, -0.25) is 14.6 Å². The van der Waals surface area contributed by atoms with Crippen LogP contribution in [-0.4, -0.2) is 47.0 Å². The molecular formula is C20H22FN3O2. The van der Waals surface area contributed by atoms with E-state index in [0.717, 1.165) is 23.6 Å². The fourth-order valence-electron chi connectivity index (χ4n) is 3.53. The zero-order chi connectivity index (χ0) is 18.1. The summed E-state index contributed by atoms with van der Waals surface area (Å²) in [7, 11) is 0. The highest BCUT2D eigenvalue weighted by Gasteiger charge is 2.44. The Kier molecular flexibility index (Phi) is 4.34. The van der Waals surface area contributed by atoms with Crippen LogP contribution in [0.4, 0.5) is 4.39 Å². The Morgan fingerprint density at radius 3 is 2.88 bits per heavy atom. The first-order chi connectivity index (χ1) is 12.6. The second-order valence-electron chi connectivity index (χ2n) is 7.33. The monoisotopic (exact) mass is 355 g/mol. The van der Waals surface area contributed by atoms with Crippen LogP contribution >= 0.6 is 0 Å². The number of nitrogens with zero attached hydrogens (tertiary/aromatic N) is 2. The Labute approximate surface area is 151 Å². The topological polar surface area (TPSA) is 62.3 Å². The van der Waals surface area contributed by atoms with Gasteiger partial charge in [0.1, 0.15) is 5.69 Å². The van der Waals surface area contributed by atoms with Crippen molar-refractivity contribution in [3.05, 3.63) is 42.2 Å². The number of alkyl halides is 1. The molecule has 2 amide bonds. The zero-order valence-corrected chi connectivity index (χ0v) is 14.6. The van der Waals surface area contributed by atoms with Crippen LogP contribution < -0.4 is 5.32 Å². The van der Waals surface area contributed by atoms with Gasteiger partial charge in [0.2, 0.25) is 5.67 Å². The molecule has 1 aliphatic heterocycles. The summed E-state index contributed by atoms with van der Waals surface area (Å²) in [5, 5.41) is 4.37. The molecule has 6 heteroatoms. The third kappa shape index (κ3) is 3.28. The lowest BCUT2D eigenvalue weighted by molar-refractivity contribution is -0.135. The van der Waals surface area contributed by atoms with Crippen LogP contribution in [0.1, 0.15) is 36.2 Å². The molecule has 1 saturated heterocycles. The van der Waals surface area contributed by atoms with Crippen LogP contribution in [0.3, 0.4) is 0 Å². The van der Waals surface area contributed by atoms with Crippen molar-refractivity contribution in [2.45, 2.75) is 31.4 Å². The van der Waals surface area contributed by atoms with Crippen LogP contribution in [0.25, 0.3) is 10.8 Å². The smallest absolute Gasteiger partial charge is 0.273 e. The molecule has 1 saturated carbocycles. The van der Waals surface area contributed by atoms with Gasteiger partial charge in [-0.1, -0.05) is 24.3 Å². The van der Waals surface area contributed by atoms with Crippen molar-refractivity contribution in [1.82, 2.24) is 15.2 Å². The number of amides is 2. The zero-order valence-electron chi connectivity index (χ0n) is 14.6. The van der Waals surface area contributed by atoms with E-state index in [-0.39, 0.29) is 18.9 Å². The van der Waals surface area contributed by atoms with E-state index >= 15 is 4.39 Å². The SMILES string of the molecule is O=C(c1nccc2ccccc12)N1CCCC(F)(C(=O)NCC2CC2)C1. The van der Waals surface area contributed by atoms with Gasteiger partial charge in [-0.15, -0.1) is 0 Å². The lowest BCUT2D eigenvalue weighted by Crippen LogP contribution is -2.56. The van der Waals surface area contributed by atoms with Crippen LogP contribution in [-0.2, 0) is 4.79 Å². The number of likely N-dealkylation sites (tertiary alicyclic amines) is 1. The van der Waals surface area contributed by atoms with E-state index < -0.39 is 11.6 Å². The minimum absolute atomic E-state index is 0.149. The van der Waals surface area contributed by atoms with E-state index in [9.17, 15) is 9.59 Å². The molecule has 0 spiro atoms. The highest BCUT2D eigenvalue weighted by molar-refractivity contribution is 6.05. The quantitative estimate of drug-likeness (QED) is 0.917. The van der Waals surface area contributed by atoms with E-state index in [1.165, 1.54) is 4.90 Å². The van der Waals surface area contributed by atoms with E-state index in [1.54, 1.807) is 6.20 Å². The Hall–Kier alpha value is -2.50. The number of piperidine rings is 1. The number of hydrogen-bond acceptors (Lipinski definition) is 3. The van der Waals surface area contributed by atoms with Gasteiger partial charge in [0.05, 0.1) is 6.54 Å². The standard InChI is InChI=1S/C20H22FN3O2/c21-20(19(26)23-12-14-6-7-14)9-3-11-24(13-20)18(25)17-16-5-2-1-4-15(16)8-10-22-17/h1-2,4-5,8,10,14H,3,6-7,9,11-13H2,(H,23,26). The van der Waals surface area contributed by atoms with Crippen LogP contribution in [0.15, 0.2) is 36.5 Å². The molecule has 1 aromatic carbocycles. The molecular weight excluding hydrogens is 333 g/mol. The number of benzene rings is 1. The van der Waals surface area contributed by atoms with E-state index in [2.05, 4.69) is 10.3 Å². The summed E-state index contributed by atoms with van der Waals surface area (Å²) >= 11 is 0. The fraction of sp³-hybridized carbons (Fsp3) is 0.450. The maximum absolute atomic E-state index is 15.3. The largest absolute Gasteiger partial charge is 0.353 e. The summed E-state index contributed by atoms with van der Waals surface area (Å²) in [6.45, 7) is 0.752. The van der Waals surface area contributed by atoms with Crippen LogP contribution in [0.2, 0.25) is 0 Å². The number of fused-ring (bicyclic) bond motifs is 1. The maximum atomic E-state index is 15.3. The van der Waals surface area contributed by atoms with Gasteiger partial charge >= 0.3 is 0 Å². The first-order valence-electron chi connectivity index (χ1n) is 9.17. The Bertz CT molecular complexity index is 847. The second kappa shape index (κ2) is 6.67. The first kappa shape index (κ1) is 16.9. The molecule has 1 aliphatic carbocycles. The molecule has 136 valence electrons. The molecule has 0 radical (unpaired) electrons. The summed E-state index contributed by atoms with van der Waals surface area (Å²) in [4.78, 5) is 30.9. The molecule has 1 atom stereocenters. The summed E-state index contributed by atoms with van der Waals surface area (Å²) in [6, 6.07) is 9.34. The molecule has 0 bridgehead atoms. The number of carbonyl (C=O) groups excluding carboxylic acids is 2. The molecule has 5 nitrogen and oxygen atoms in total. The first-order valence-corrected chi connectivity index (χ1v) is 9.17. The normalized spacial score (nSPS) is 23.0. The van der Waals surface area contributed by atoms with Crippen molar-refractivity contribution in [3.63, 3.8) is 0 Å². The average Bonchev–Trinajstić information content (AvgIpc) is 3.49. The highest BCUT2D eigenvalue weighted by atomic mass is 19.1. The minimum Gasteiger partial charge on any atom is -0.353 e. The molecule has 2 aromatic rings. The van der Waals surface area contributed by atoms with Gasteiger partial charge in [-0.2, -0.15) is 0 Å². The predicted molar refractivity (Wildman–Crippen MR) is 96.5 cm³/mol. The van der Waals surface area contributed by atoms with Crippen LogP contribution in [0.5, 0.6) is 0 Å². The van der Waals surface area contributed by atoms with E-state index in [0.29, 0.717) is 31.1 Å². The van der Waals surface area contributed by atoms with Gasteiger partial charge in [0.15, 0.2) is 0 Å². The summed E-state index contributed by atoms with van der Waals surface area (Å²) in [6.07, 6.45) is 4.39. The lowest BCUT2D eigenvalue weighted by atomic mass is 9.93. The molecule has 2 heterocycles. The Balaban J connectivity index is 1.53. The number of hydrogen-bond donors (Lipinski definition) is 1. The molecule has 1 N–H and O–H groups in total. The number of nitrogens with one attached hydrogen (secondary N) is 1. The lowest BCUT2D eigenvalue weighted by Gasteiger charge is -2.36. The van der Waals surface area contributed by atoms with Crippen molar-refractivity contribution in [2.75, 3.05) is 19.6 Å². The van der Waals surface area contributed by atoms with Crippen molar-refractivity contribution < 1.29 is 14.0 Å². The van der Waals surface area contributed by atoms with Gasteiger partial charge in [0.25, 0.3) is 11.8 Å². The van der Waals surface area contributed by atoms with Crippen LogP contribution in [0, 0.1) is 5.92 Å². The fourth-order valence-corrected chi connectivity index (χ4v) is 3.53. The van der Waals surface area contributed by atoms with Crippen molar-refractivity contribution in [1.29, 1.82) is 0 Å². The molecule has 2 aliphatic rings. The summed E-state index contributed by atoms with van der Waals surface area (Å²) < 4.78 is 15.3.